The summed E-state index contributed by atoms with van der Waals surface area (Å²) in [5.74, 6) is -0.300. The van der Waals surface area contributed by atoms with E-state index in [4.69, 9.17) is 4.42 Å². The standard InChI is InChI=1S/C26H21NO3/c28-25(27-22-16-8-12-17-9-4-5-13-19(17)22)24-23(18-10-2-1-3-11-18)20-14-6-7-15-21(20)26(29)30-24/h1-7,9-11,13-15,22H,8,12,16H2,(H,27,28). The van der Waals surface area contributed by atoms with Gasteiger partial charge in [0.15, 0.2) is 0 Å². The normalized spacial score (nSPS) is 15.5. The van der Waals surface area contributed by atoms with Gasteiger partial charge >= 0.3 is 5.63 Å². The van der Waals surface area contributed by atoms with Crippen LogP contribution in [0.15, 0.2) is 88.1 Å². The first-order valence-corrected chi connectivity index (χ1v) is 10.2. The van der Waals surface area contributed by atoms with Crippen molar-refractivity contribution in [1.29, 1.82) is 0 Å². The fourth-order valence-electron chi connectivity index (χ4n) is 4.38. The number of hydrogen-bond donors (Lipinski definition) is 1. The summed E-state index contributed by atoms with van der Waals surface area (Å²) in [6, 6.07) is 25.0. The third-order valence-electron chi connectivity index (χ3n) is 5.78. The van der Waals surface area contributed by atoms with Gasteiger partial charge in [0, 0.05) is 10.9 Å². The highest BCUT2D eigenvalue weighted by atomic mass is 16.4. The monoisotopic (exact) mass is 395 g/mol. The molecule has 0 fully saturated rings. The van der Waals surface area contributed by atoms with Gasteiger partial charge in [-0.1, -0.05) is 72.8 Å². The number of fused-ring (bicyclic) bond motifs is 2. The predicted molar refractivity (Wildman–Crippen MR) is 118 cm³/mol. The van der Waals surface area contributed by atoms with Crippen molar-refractivity contribution in [2.24, 2.45) is 0 Å². The highest BCUT2D eigenvalue weighted by molar-refractivity contribution is 6.07. The molecule has 148 valence electrons. The van der Waals surface area contributed by atoms with Gasteiger partial charge in [-0.3, -0.25) is 4.79 Å². The van der Waals surface area contributed by atoms with E-state index < -0.39 is 5.63 Å². The van der Waals surface area contributed by atoms with Crippen LogP contribution in [0, 0.1) is 0 Å². The number of nitrogens with one attached hydrogen (secondary N) is 1. The van der Waals surface area contributed by atoms with Gasteiger partial charge in [-0.05, 0) is 42.0 Å². The average Bonchev–Trinajstić information content (AvgIpc) is 2.80. The third-order valence-corrected chi connectivity index (χ3v) is 5.78. The molecule has 0 radical (unpaired) electrons. The van der Waals surface area contributed by atoms with Crippen molar-refractivity contribution in [2.75, 3.05) is 0 Å². The third kappa shape index (κ3) is 3.20. The second kappa shape index (κ2) is 7.64. The van der Waals surface area contributed by atoms with E-state index in [-0.39, 0.29) is 17.7 Å². The van der Waals surface area contributed by atoms with E-state index in [0.29, 0.717) is 16.3 Å². The molecule has 1 heterocycles. The summed E-state index contributed by atoms with van der Waals surface area (Å²) in [6.07, 6.45) is 2.89. The maximum absolute atomic E-state index is 13.4. The maximum Gasteiger partial charge on any atom is 0.344 e. The Balaban J connectivity index is 1.63. The van der Waals surface area contributed by atoms with Crippen molar-refractivity contribution in [3.05, 3.63) is 106 Å². The highest BCUT2D eigenvalue weighted by Crippen LogP contribution is 2.33. The summed E-state index contributed by atoms with van der Waals surface area (Å²) in [5.41, 5.74) is 3.39. The summed E-state index contributed by atoms with van der Waals surface area (Å²) in [5, 5.41) is 4.31. The van der Waals surface area contributed by atoms with Crippen molar-refractivity contribution in [1.82, 2.24) is 5.32 Å². The summed E-state index contributed by atoms with van der Waals surface area (Å²) in [7, 11) is 0. The van der Waals surface area contributed by atoms with Crippen LogP contribution in [0.25, 0.3) is 21.9 Å². The maximum atomic E-state index is 13.4. The van der Waals surface area contributed by atoms with Gasteiger partial charge in [-0.25, -0.2) is 4.79 Å². The number of hydrogen-bond acceptors (Lipinski definition) is 3. The Morgan fingerprint density at radius 3 is 2.40 bits per heavy atom. The van der Waals surface area contributed by atoms with Gasteiger partial charge < -0.3 is 9.73 Å². The average molecular weight is 395 g/mol. The molecule has 1 N–H and O–H groups in total. The van der Waals surface area contributed by atoms with E-state index in [1.54, 1.807) is 12.1 Å². The zero-order valence-electron chi connectivity index (χ0n) is 16.4. The second-order valence-electron chi connectivity index (χ2n) is 7.62. The van der Waals surface area contributed by atoms with Crippen LogP contribution in [0.1, 0.15) is 40.6 Å². The molecule has 0 saturated carbocycles. The largest absolute Gasteiger partial charge is 0.416 e. The molecule has 1 aliphatic carbocycles. The lowest BCUT2D eigenvalue weighted by molar-refractivity contribution is 0.0902. The van der Waals surface area contributed by atoms with E-state index in [1.807, 2.05) is 54.6 Å². The number of carbonyl (C=O) groups excluding carboxylic acids is 1. The number of aryl methyl sites for hydroxylation is 1. The Kier molecular flexibility index (Phi) is 4.68. The van der Waals surface area contributed by atoms with E-state index in [2.05, 4.69) is 17.4 Å². The van der Waals surface area contributed by atoms with Crippen molar-refractivity contribution in [2.45, 2.75) is 25.3 Å². The molecule has 0 aliphatic heterocycles. The minimum atomic E-state index is -0.500. The van der Waals surface area contributed by atoms with Crippen LogP contribution in [0.5, 0.6) is 0 Å². The first-order chi connectivity index (χ1) is 14.7. The summed E-state index contributed by atoms with van der Waals surface area (Å²) >= 11 is 0. The van der Waals surface area contributed by atoms with E-state index in [9.17, 15) is 9.59 Å². The lowest BCUT2D eigenvalue weighted by Crippen LogP contribution is -2.32. The summed E-state index contributed by atoms with van der Waals surface area (Å²) in [6.45, 7) is 0. The van der Waals surface area contributed by atoms with Gasteiger partial charge in [0.05, 0.1) is 11.4 Å². The molecule has 1 amide bonds. The Morgan fingerprint density at radius 2 is 1.57 bits per heavy atom. The molecule has 1 aromatic heterocycles. The minimum Gasteiger partial charge on any atom is -0.416 e. The topological polar surface area (TPSA) is 59.3 Å². The zero-order chi connectivity index (χ0) is 20.5. The Hall–Kier alpha value is -3.66. The van der Waals surface area contributed by atoms with Crippen LogP contribution in [0.4, 0.5) is 0 Å². The summed E-state index contributed by atoms with van der Waals surface area (Å²) < 4.78 is 5.60. The molecular weight excluding hydrogens is 374 g/mol. The van der Waals surface area contributed by atoms with Crippen LogP contribution in [-0.4, -0.2) is 5.91 Å². The minimum absolute atomic E-state index is 0.0629. The fraction of sp³-hybridized carbons (Fsp3) is 0.154. The summed E-state index contributed by atoms with van der Waals surface area (Å²) in [4.78, 5) is 26.0. The smallest absolute Gasteiger partial charge is 0.344 e. The van der Waals surface area contributed by atoms with Crippen LogP contribution < -0.4 is 10.9 Å². The van der Waals surface area contributed by atoms with Gasteiger partial charge in [-0.15, -0.1) is 0 Å². The van der Waals surface area contributed by atoms with Crippen molar-refractivity contribution < 1.29 is 9.21 Å². The van der Waals surface area contributed by atoms with Gasteiger partial charge in [-0.2, -0.15) is 0 Å². The lowest BCUT2D eigenvalue weighted by atomic mass is 9.87. The van der Waals surface area contributed by atoms with Crippen molar-refractivity contribution in [3.8, 4) is 11.1 Å². The van der Waals surface area contributed by atoms with Gasteiger partial charge in [0.2, 0.25) is 5.76 Å². The lowest BCUT2D eigenvalue weighted by Gasteiger charge is -2.26. The molecular formula is C26H21NO3. The van der Waals surface area contributed by atoms with E-state index in [1.165, 1.54) is 5.56 Å². The second-order valence-corrected chi connectivity index (χ2v) is 7.62. The molecule has 0 saturated heterocycles. The molecule has 1 unspecified atom stereocenters. The zero-order valence-corrected chi connectivity index (χ0v) is 16.4. The number of amides is 1. The number of benzene rings is 3. The Bertz CT molecular complexity index is 1290. The molecule has 0 spiro atoms. The molecule has 1 aliphatic rings. The molecule has 30 heavy (non-hydrogen) atoms. The molecule has 4 aromatic rings. The SMILES string of the molecule is O=C(NC1CCCc2ccccc21)c1oc(=O)c2ccccc2c1-c1ccccc1. The Morgan fingerprint density at radius 1 is 0.867 bits per heavy atom. The van der Waals surface area contributed by atoms with Gasteiger partial charge in [0.25, 0.3) is 5.91 Å². The molecule has 1 atom stereocenters. The molecule has 0 bridgehead atoms. The van der Waals surface area contributed by atoms with E-state index >= 15 is 0 Å². The molecule has 4 nitrogen and oxygen atoms in total. The first kappa shape index (κ1) is 18.4. The Labute approximate surface area is 174 Å². The highest BCUT2D eigenvalue weighted by Gasteiger charge is 2.26. The fourth-order valence-corrected chi connectivity index (χ4v) is 4.38. The molecule has 5 rings (SSSR count). The first-order valence-electron chi connectivity index (χ1n) is 10.2. The van der Waals surface area contributed by atoms with Crippen molar-refractivity contribution in [3.63, 3.8) is 0 Å². The van der Waals surface area contributed by atoms with Gasteiger partial charge in [0.1, 0.15) is 0 Å². The number of carbonyl (C=O) groups is 1. The molecule has 4 heteroatoms. The van der Waals surface area contributed by atoms with Crippen LogP contribution in [0.3, 0.4) is 0 Å². The van der Waals surface area contributed by atoms with E-state index in [0.717, 1.165) is 30.4 Å². The van der Waals surface area contributed by atoms with Crippen LogP contribution in [0.2, 0.25) is 0 Å². The predicted octanol–water partition coefficient (Wildman–Crippen LogP) is 5.27. The van der Waals surface area contributed by atoms with Crippen LogP contribution >= 0.6 is 0 Å². The number of rotatable bonds is 3. The quantitative estimate of drug-likeness (QED) is 0.514. The van der Waals surface area contributed by atoms with Crippen LogP contribution in [-0.2, 0) is 6.42 Å². The van der Waals surface area contributed by atoms with Crippen molar-refractivity contribution >= 4 is 16.7 Å². The molecule has 3 aromatic carbocycles.